The molecule has 0 saturated heterocycles. The van der Waals surface area contributed by atoms with Crippen LogP contribution in [-0.2, 0) is 16.0 Å². The van der Waals surface area contributed by atoms with Crippen LogP contribution in [0.2, 0.25) is 5.02 Å². The van der Waals surface area contributed by atoms with Crippen LogP contribution in [-0.4, -0.2) is 16.9 Å². The van der Waals surface area contributed by atoms with Gasteiger partial charge in [-0.05, 0) is 25.0 Å². The molecule has 0 saturated carbocycles. The first-order valence-electron chi connectivity index (χ1n) is 4.96. The molecule has 0 radical (unpaired) electrons. The van der Waals surface area contributed by atoms with Crippen molar-refractivity contribution in [3.8, 4) is 0 Å². The molecule has 1 aromatic carbocycles. The highest BCUT2D eigenvalue weighted by Crippen LogP contribution is 2.20. The SMILES string of the molecule is CC(=O)C(CC(=O)O)Cc1ccccc1Cl. The molecule has 0 aliphatic heterocycles. The number of hydrogen-bond donors (Lipinski definition) is 1. The molecule has 0 fully saturated rings. The monoisotopic (exact) mass is 240 g/mol. The van der Waals surface area contributed by atoms with Crippen LogP contribution < -0.4 is 0 Å². The van der Waals surface area contributed by atoms with Gasteiger partial charge in [0.25, 0.3) is 0 Å². The number of carboxylic acid groups (broad SMARTS) is 1. The Kier molecular flexibility index (Phi) is 4.50. The minimum absolute atomic E-state index is 0.123. The quantitative estimate of drug-likeness (QED) is 0.861. The van der Waals surface area contributed by atoms with Gasteiger partial charge in [-0.2, -0.15) is 0 Å². The van der Waals surface area contributed by atoms with E-state index in [4.69, 9.17) is 16.7 Å². The molecule has 0 heterocycles. The zero-order valence-corrected chi connectivity index (χ0v) is 9.70. The van der Waals surface area contributed by atoms with E-state index in [-0.39, 0.29) is 12.2 Å². The summed E-state index contributed by atoms with van der Waals surface area (Å²) in [6, 6.07) is 7.15. The molecule has 4 heteroatoms. The molecule has 0 aliphatic rings. The van der Waals surface area contributed by atoms with Crippen LogP contribution in [0.15, 0.2) is 24.3 Å². The number of halogens is 1. The van der Waals surface area contributed by atoms with Crippen molar-refractivity contribution in [1.29, 1.82) is 0 Å². The van der Waals surface area contributed by atoms with Crippen LogP contribution in [0.4, 0.5) is 0 Å². The fourth-order valence-electron chi connectivity index (χ4n) is 1.50. The van der Waals surface area contributed by atoms with Crippen molar-refractivity contribution in [2.75, 3.05) is 0 Å². The molecule has 16 heavy (non-hydrogen) atoms. The summed E-state index contributed by atoms with van der Waals surface area (Å²) in [5.41, 5.74) is 0.811. The van der Waals surface area contributed by atoms with Gasteiger partial charge in [-0.1, -0.05) is 29.8 Å². The van der Waals surface area contributed by atoms with Gasteiger partial charge in [0, 0.05) is 10.9 Å². The van der Waals surface area contributed by atoms with Gasteiger partial charge in [-0.25, -0.2) is 0 Å². The van der Waals surface area contributed by atoms with Gasteiger partial charge in [-0.15, -0.1) is 0 Å². The van der Waals surface area contributed by atoms with Crippen molar-refractivity contribution >= 4 is 23.4 Å². The maximum Gasteiger partial charge on any atom is 0.304 e. The number of ketones is 1. The normalized spacial score (nSPS) is 12.1. The Hall–Kier alpha value is -1.35. The van der Waals surface area contributed by atoms with E-state index in [0.717, 1.165) is 5.56 Å². The van der Waals surface area contributed by atoms with Gasteiger partial charge in [0.05, 0.1) is 6.42 Å². The number of carboxylic acids is 1. The van der Waals surface area contributed by atoms with Crippen molar-refractivity contribution in [3.05, 3.63) is 34.9 Å². The topological polar surface area (TPSA) is 54.4 Å². The lowest BCUT2D eigenvalue weighted by atomic mass is 9.93. The van der Waals surface area contributed by atoms with Gasteiger partial charge in [-0.3, -0.25) is 9.59 Å². The zero-order valence-electron chi connectivity index (χ0n) is 8.94. The van der Waals surface area contributed by atoms with Crippen LogP contribution >= 0.6 is 11.6 Å². The van der Waals surface area contributed by atoms with Crippen molar-refractivity contribution in [2.45, 2.75) is 19.8 Å². The predicted octanol–water partition coefficient (Wildman–Crippen LogP) is 2.56. The Labute approximate surface area is 99.0 Å². The van der Waals surface area contributed by atoms with Gasteiger partial charge < -0.3 is 5.11 Å². The molecule has 0 aliphatic carbocycles. The average molecular weight is 241 g/mol. The summed E-state index contributed by atoms with van der Waals surface area (Å²) in [5, 5.41) is 9.26. The van der Waals surface area contributed by atoms with Crippen LogP contribution in [0.5, 0.6) is 0 Å². The van der Waals surface area contributed by atoms with E-state index in [1.165, 1.54) is 6.92 Å². The molecule has 1 aromatic rings. The van der Waals surface area contributed by atoms with Crippen molar-refractivity contribution in [2.24, 2.45) is 5.92 Å². The number of Topliss-reactive ketones (excluding diaryl/α,β-unsaturated/α-hetero) is 1. The minimum Gasteiger partial charge on any atom is -0.481 e. The number of benzene rings is 1. The highest BCUT2D eigenvalue weighted by molar-refractivity contribution is 6.31. The lowest BCUT2D eigenvalue weighted by Crippen LogP contribution is -2.18. The van der Waals surface area contributed by atoms with E-state index >= 15 is 0 Å². The molecule has 1 atom stereocenters. The lowest BCUT2D eigenvalue weighted by Gasteiger charge is -2.12. The Morgan fingerprint density at radius 2 is 2.00 bits per heavy atom. The molecule has 1 rings (SSSR count). The first kappa shape index (κ1) is 12.7. The van der Waals surface area contributed by atoms with Crippen LogP contribution in [0.1, 0.15) is 18.9 Å². The molecule has 0 spiro atoms. The second-order valence-electron chi connectivity index (χ2n) is 3.70. The van der Waals surface area contributed by atoms with Gasteiger partial charge in [0.15, 0.2) is 0 Å². The van der Waals surface area contributed by atoms with Crippen molar-refractivity contribution in [3.63, 3.8) is 0 Å². The molecule has 3 nitrogen and oxygen atoms in total. The summed E-state index contributed by atoms with van der Waals surface area (Å²) in [4.78, 5) is 21.9. The molecule has 0 aromatic heterocycles. The Morgan fingerprint density at radius 3 is 2.50 bits per heavy atom. The number of aliphatic carboxylic acids is 1. The van der Waals surface area contributed by atoms with Crippen LogP contribution in [0.3, 0.4) is 0 Å². The lowest BCUT2D eigenvalue weighted by molar-refractivity contribution is -0.140. The Morgan fingerprint density at radius 1 is 1.38 bits per heavy atom. The Bertz CT molecular complexity index is 401. The van der Waals surface area contributed by atoms with E-state index < -0.39 is 11.9 Å². The number of hydrogen-bond acceptors (Lipinski definition) is 2. The average Bonchev–Trinajstić information content (AvgIpc) is 2.19. The first-order chi connectivity index (χ1) is 7.50. The number of rotatable bonds is 5. The van der Waals surface area contributed by atoms with E-state index in [1.807, 2.05) is 6.07 Å². The summed E-state index contributed by atoms with van der Waals surface area (Å²) in [6.07, 6.45) is 0.224. The molecule has 1 unspecified atom stereocenters. The van der Waals surface area contributed by atoms with Crippen molar-refractivity contribution < 1.29 is 14.7 Å². The first-order valence-corrected chi connectivity index (χ1v) is 5.34. The summed E-state index contributed by atoms with van der Waals surface area (Å²) in [7, 11) is 0. The number of carbonyl (C=O) groups is 2. The maximum atomic E-state index is 11.3. The van der Waals surface area contributed by atoms with Crippen LogP contribution in [0.25, 0.3) is 0 Å². The maximum absolute atomic E-state index is 11.3. The van der Waals surface area contributed by atoms with E-state index in [1.54, 1.807) is 18.2 Å². The van der Waals surface area contributed by atoms with E-state index in [0.29, 0.717) is 11.4 Å². The summed E-state index contributed by atoms with van der Waals surface area (Å²) in [6.45, 7) is 1.41. The second kappa shape index (κ2) is 5.66. The molecule has 0 bridgehead atoms. The third-order valence-electron chi connectivity index (χ3n) is 2.42. The molecular weight excluding hydrogens is 228 g/mol. The highest BCUT2D eigenvalue weighted by Gasteiger charge is 2.19. The van der Waals surface area contributed by atoms with E-state index in [9.17, 15) is 9.59 Å². The summed E-state index contributed by atoms with van der Waals surface area (Å²) >= 11 is 5.95. The largest absolute Gasteiger partial charge is 0.481 e. The fraction of sp³-hybridized carbons (Fsp3) is 0.333. The molecular formula is C12H13ClO3. The van der Waals surface area contributed by atoms with Crippen molar-refractivity contribution in [1.82, 2.24) is 0 Å². The highest BCUT2D eigenvalue weighted by atomic mass is 35.5. The third-order valence-corrected chi connectivity index (χ3v) is 2.79. The third kappa shape index (κ3) is 3.66. The van der Waals surface area contributed by atoms with Gasteiger partial charge in [0.1, 0.15) is 5.78 Å². The standard InChI is InChI=1S/C12H13ClO3/c1-8(14)10(7-12(15)16)6-9-4-2-3-5-11(9)13/h2-5,10H,6-7H2,1H3,(H,15,16). The smallest absolute Gasteiger partial charge is 0.304 e. The molecule has 0 amide bonds. The molecule has 1 N–H and O–H groups in total. The van der Waals surface area contributed by atoms with Gasteiger partial charge >= 0.3 is 5.97 Å². The fourth-order valence-corrected chi connectivity index (χ4v) is 1.71. The van der Waals surface area contributed by atoms with E-state index in [2.05, 4.69) is 0 Å². The predicted molar refractivity (Wildman–Crippen MR) is 61.6 cm³/mol. The second-order valence-corrected chi connectivity index (χ2v) is 4.11. The summed E-state index contributed by atoms with van der Waals surface area (Å²) < 4.78 is 0. The minimum atomic E-state index is -0.966. The van der Waals surface area contributed by atoms with Crippen LogP contribution in [0, 0.1) is 5.92 Å². The van der Waals surface area contributed by atoms with Gasteiger partial charge in [0.2, 0.25) is 0 Å². The Balaban J connectivity index is 2.80. The number of carbonyl (C=O) groups excluding carboxylic acids is 1. The zero-order chi connectivity index (χ0) is 12.1. The summed E-state index contributed by atoms with van der Waals surface area (Å²) in [5.74, 6) is -1.59. The molecule has 86 valence electrons.